The average Bonchev–Trinajstić information content (AvgIpc) is 2.18. The Labute approximate surface area is 87.6 Å². The predicted molar refractivity (Wildman–Crippen MR) is 51.3 cm³/mol. The topological polar surface area (TPSA) is 83.5 Å². The molecular weight excluding hydrogens is 230 g/mol. The molecule has 14 heavy (non-hydrogen) atoms. The molecule has 0 unspecified atom stereocenters. The highest BCUT2D eigenvalue weighted by Crippen LogP contribution is 2.28. The minimum atomic E-state index is -3.45. The van der Waals surface area contributed by atoms with E-state index in [4.69, 9.17) is 16.9 Å². The maximum atomic E-state index is 11.2. The van der Waals surface area contributed by atoms with Crippen molar-refractivity contribution < 1.29 is 18.3 Å². The van der Waals surface area contributed by atoms with E-state index in [1.54, 1.807) is 4.24 Å². The third-order valence-corrected chi connectivity index (χ3v) is 4.78. The Balaban J connectivity index is 2.56. The number of rotatable bonds is 3. The van der Waals surface area contributed by atoms with Crippen molar-refractivity contribution in [1.82, 2.24) is 4.24 Å². The van der Waals surface area contributed by atoms with Crippen molar-refractivity contribution in [2.75, 3.05) is 0 Å². The molecule has 0 amide bonds. The van der Waals surface area contributed by atoms with Gasteiger partial charge in [-0.2, -0.15) is 0 Å². The number of carbonyl (C=O) groups is 1. The fraction of sp³-hybridized carbons (Fsp3) is 0.857. The van der Waals surface area contributed by atoms with Crippen molar-refractivity contribution in [3.63, 3.8) is 0 Å². The van der Waals surface area contributed by atoms with Crippen molar-refractivity contribution in [3.05, 3.63) is 0 Å². The molecular formula is C7H12ClNO4S. The van der Waals surface area contributed by atoms with Gasteiger partial charge in [0.15, 0.2) is 0 Å². The molecule has 0 bridgehead atoms. The third-order valence-electron chi connectivity index (χ3n) is 2.57. The van der Waals surface area contributed by atoms with Gasteiger partial charge in [-0.05, 0) is 37.5 Å². The number of hydrogen-bond acceptors (Lipinski definition) is 3. The molecule has 82 valence electrons. The number of carboxylic acid groups (broad SMARTS) is 1. The summed E-state index contributed by atoms with van der Waals surface area (Å²) < 4.78 is 24.2. The molecule has 1 saturated carbocycles. The van der Waals surface area contributed by atoms with E-state index in [2.05, 4.69) is 0 Å². The van der Waals surface area contributed by atoms with Gasteiger partial charge < -0.3 is 5.11 Å². The van der Waals surface area contributed by atoms with Crippen molar-refractivity contribution >= 4 is 27.8 Å². The molecule has 0 aliphatic heterocycles. The molecule has 0 aromatic rings. The lowest BCUT2D eigenvalue weighted by atomic mass is 9.89. The van der Waals surface area contributed by atoms with Crippen LogP contribution in [0.3, 0.4) is 0 Å². The molecule has 0 aromatic carbocycles. The van der Waals surface area contributed by atoms with Gasteiger partial charge in [0.25, 0.3) is 0 Å². The quantitative estimate of drug-likeness (QED) is 0.713. The molecule has 0 saturated heterocycles. The van der Waals surface area contributed by atoms with Crippen LogP contribution in [0.4, 0.5) is 0 Å². The molecule has 0 aromatic heterocycles. The Morgan fingerprint density at radius 3 is 2.14 bits per heavy atom. The first-order valence-electron chi connectivity index (χ1n) is 4.31. The Bertz CT molecular complexity index is 308. The summed E-state index contributed by atoms with van der Waals surface area (Å²) in [6.45, 7) is 0. The molecule has 0 atom stereocenters. The molecule has 2 N–H and O–H groups in total. The van der Waals surface area contributed by atoms with E-state index >= 15 is 0 Å². The van der Waals surface area contributed by atoms with Crippen LogP contribution in [0.2, 0.25) is 0 Å². The first kappa shape index (κ1) is 11.7. The van der Waals surface area contributed by atoms with E-state index in [1.807, 2.05) is 0 Å². The van der Waals surface area contributed by atoms with E-state index in [9.17, 15) is 13.2 Å². The standard InChI is InChI=1S/C7H12ClNO4S/c8-9-14(12,13)6-3-1-5(2-4-6)7(10)11/h5-6,9H,1-4H2,(H,10,11). The van der Waals surface area contributed by atoms with E-state index in [1.165, 1.54) is 0 Å². The number of sulfonamides is 1. The second-order valence-corrected chi connectivity index (χ2v) is 5.81. The molecule has 0 radical (unpaired) electrons. The molecule has 5 nitrogen and oxygen atoms in total. The van der Waals surface area contributed by atoms with Gasteiger partial charge in [-0.1, -0.05) is 0 Å². The van der Waals surface area contributed by atoms with E-state index in [0.717, 1.165) is 0 Å². The molecule has 1 aliphatic carbocycles. The highest BCUT2D eigenvalue weighted by molar-refractivity contribution is 7.91. The first-order valence-corrected chi connectivity index (χ1v) is 6.24. The Morgan fingerprint density at radius 2 is 1.79 bits per heavy atom. The van der Waals surface area contributed by atoms with Crippen LogP contribution in [0.5, 0.6) is 0 Å². The number of hydrogen-bond donors (Lipinski definition) is 2. The summed E-state index contributed by atoms with van der Waals surface area (Å²) in [6, 6.07) is 0. The van der Waals surface area contributed by atoms with Crippen LogP contribution in [-0.4, -0.2) is 24.7 Å². The Morgan fingerprint density at radius 1 is 1.29 bits per heavy atom. The minimum Gasteiger partial charge on any atom is -0.481 e. The van der Waals surface area contributed by atoms with Gasteiger partial charge in [-0.3, -0.25) is 4.79 Å². The monoisotopic (exact) mass is 241 g/mol. The van der Waals surface area contributed by atoms with Gasteiger partial charge in [-0.15, -0.1) is 4.24 Å². The zero-order chi connectivity index (χ0) is 10.8. The van der Waals surface area contributed by atoms with E-state index in [0.29, 0.717) is 25.7 Å². The summed E-state index contributed by atoms with van der Waals surface area (Å²) in [4.78, 5) is 10.6. The van der Waals surface area contributed by atoms with Gasteiger partial charge in [0.05, 0.1) is 11.2 Å². The second kappa shape index (κ2) is 4.46. The SMILES string of the molecule is O=C(O)C1CCC(S(=O)(=O)NCl)CC1. The summed E-state index contributed by atoms with van der Waals surface area (Å²) in [5.41, 5.74) is 0. The number of halogens is 1. The summed E-state index contributed by atoms with van der Waals surface area (Å²) in [5, 5.41) is 8.15. The van der Waals surface area contributed by atoms with Crippen LogP contribution in [0.15, 0.2) is 0 Å². The number of nitrogens with one attached hydrogen (secondary N) is 1. The van der Waals surface area contributed by atoms with Gasteiger partial charge in [0, 0.05) is 0 Å². The van der Waals surface area contributed by atoms with Gasteiger partial charge in [0.1, 0.15) is 0 Å². The van der Waals surface area contributed by atoms with Crippen molar-refractivity contribution in [2.24, 2.45) is 5.92 Å². The van der Waals surface area contributed by atoms with Crippen LogP contribution in [0.1, 0.15) is 25.7 Å². The first-order chi connectivity index (χ1) is 6.47. The highest BCUT2D eigenvalue weighted by Gasteiger charge is 2.32. The van der Waals surface area contributed by atoms with E-state index in [-0.39, 0.29) is 0 Å². The summed E-state index contributed by atoms with van der Waals surface area (Å²) >= 11 is 5.07. The molecule has 0 heterocycles. The summed E-state index contributed by atoms with van der Waals surface area (Å²) in [6.07, 6.45) is 1.52. The third kappa shape index (κ3) is 2.59. The maximum absolute atomic E-state index is 11.2. The number of aliphatic carboxylic acids is 1. The average molecular weight is 242 g/mol. The van der Waals surface area contributed by atoms with Crippen LogP contribution in [0, 0.1) is 5.92 Å². The molecule has 1 rings (SSSR count). The fourth-order valence-electron chi connectivity index (χ4n) is 1.68. The Kier molecular flexibility index (Phi) is 3.74. The predicted octanol–water partition coefficient (Wildman–Crippen LogP) is 0.703. The summed E-state index contributed by atoms with van der Waals surface area (Å²) in [5.74, 6) is -1.25. The van der Waals surface area contributed by atoms with Crippen molar-refractivity contribution in [3.8, 4) is 0 Å². The number of carboxylic acids is 1. The second-order valence-electron chi connectivity index (χ2n) is 3.43. The normalized spacial score (nSPS) is 28.6. The minimum absolute atomic E-state index is 0.360. The lowest BCUT2D eigenvalue weighted by Gasteiger charge is -2.24. The van der Waals surface area contributed by atoms with Crippen LogP contribution in [0.25, 0.3) is 0 Å². The van der Waals surface area contributed by atoms with Crippen LogP contribution in [-0.2, 0) is 14.8 Å². The summed E-state index contributed by atoms with van der Waals surface area (Å²) in [7, 11) is -3.45. The van der Waals surface area contributed by atoms with Gasteiger partial charge in [0.2, 0.25) is 10.0 Å². The van der Waals surface area contributed by atoms with Crippen LogP contribution < -0.4 is 4.24 Å². The smallest absolute Gasteiger partial charge is 0.306 e. The highest BCUT2D eigenvalue weighted by atomic mass is 35.5. The van der Waals surface area contributed by atoms with Crippen molar-refractivity contribution in [1.29, 1.82) is 0 Å². The van der Waals surface area contributed by atoms with Crippen LogP contribution >= 0.6 is 11.8 Å². The molecule has 0 spiro atoms. The zero-order valence-corrected chi connectivity index (χ0v) is 9.01. The lowest BCUT2D eigenvalue weighted by molar-refractivity contribution is -0.142. The Hall–Kier alpha value is -0.330. The molecule has 1 fully saturated rings. The molecule has 1 aliphatic rings. The fourth-order valence-corrected chi connectivity index (χ4v) is 3.08. The van der Waals surface area contributed by atoms with Crippen molar-refractivity contribution in [2.45, 2.75) is 30.9 Å². The van der Waals surface area contributed by atoms with Gasteiger partial charge >= 0.3 is 5.97 Å². The lowest BCUT2D eigenvalue weighted by Crippen LogP contribution is -2.34. The van der Waals surface area contributed by atoms with E-state index < -0.39 is 27.2 Å². The zero-order valence-electron chi connectivity index (χ0n) is 7.44. The molecule has 7 heteroatoms. The maximum Gasteiger partial charge on any atom is 0.306 e. The largest absolute Gasteiger partial charge is 0.481 e. The van der Waals surface area contributed by atoms with Gasteiger partial charge in [-0.25, -0.2) is 8.42 Å².